The van der Waals surface area contributed by atoms with Crippen LogP contribution in [0.15, 0.2) is 36.4 Å². The Bertz CT molecular complexity index is 1030. The minimum Gasteiger partial charge on any atom is -0.359 e. The van der Waals surface area contributed by atoms with Crippen LogP contribution in [-0.2, 0) is 14.4 Å². The fraction of sp³-hybridized carbons (Fsp3) is 0.375. The minimum atomic E-state index is -0.997. The average molecular weight is 478 g/mol. The van der Waals surface area contributed by atoms with Gasteiger partial charge in [-0.3, -0.25) is 14.4 Å². The lowest BCUT2D eigenvalue weighted by molar-refractivity contribution is -0.128. The number of anilines is 1. The molecular weight excluding hydrogens is 452 g/mol. The molecule has 0 bridgehead atoms. The highest BCUT2D eigenvalue weighted by Gasteiger charge is 2.35. The molecule has 0 aliphatic heterocycles. The molecule has 3 rings (SSSR count). The second-order valence-electron chi connectivity index (χ2n) is 8.07. The fourth-order valence-corrected chi connectivity index (χ4v) is 4.59. The Morgan fingerprint density at radius 3 is 2.52 bits per heavy atom. The van der Waals surface area contributed by atoms with E-state index < -0.39 is 35.4 Å². The van der Waals surface area contributed by atoms with Crippen LogP contribution >= 0.6 is 11.6 Å². The van der Waals surface area contributed by atoms with Gasteiger partial charge < -0.3 is 16.0 Å². The van der Waals surface area contributed by atoms with E-state index in [4.69, 9.17) is 11.6 Å². The molecule has 33 heavy (non-hydrogen) atoms. The summed E-state index contributed by atoms with van der Waals surface area (Å²) in [4.78, 5) is 36.8. The summed E-state index contributed by atoms with van der Waals surface area (Å²) in [5, 5.41) is 7.61. The highest BCUT2D eigenvalue weighted by molar-refractivity contribution is 6.30. The average Bonchev–Trinajstić information content (AvgIpc) is 3.34. The maximum Gasteiger partial charge on any atom is 0.228 e. The third-order valence-corrected chi connectivity index (χ3v) is 6.39. The highest BCUT2D eigenvalue weighted by Crippen LogP contribution is 2.40. The van der Waals surface area contributed by atoms with Gasteiger partial charge in [0.25, 0.3) is 0 Å². The third kappa shape index (κ3) is 5.68. The van der Waals surface area contributed by atoms with Crippen LogP contribution in [0.25, 0.3) is 0 Å². The summed E-state index contributed by atoms with van der Waals surface area (Å²) in [6.45, 7) is 0. The van der Waals surface area contributed by atoms with Gasteiger partial charge in [0, 0.05) is 24.7 Å². The van der Waals surface area contributed by atoms with Gasteiger partial charge in [-0.2, -0.15) is 0 Å². The first-order valence-electron chi connectivity index (χ1n) is 10.8. The number of hydrogen-bond acceptors (Lipinski definition) is 3. The van der Waals surface area contributed by atoms with Gasteiger partial charge in [0.15, 0.2) is 0 Å². The molecule has 176 valence electrons. The van der Waals surface area contributed by atoms with Crippen LogP contribution in [0, 0.1) is 17.6 Å². The zero-order valence-electron chi connectivity index (χ0n) is 18.2. The van der Waals surface area contributed by atoms with E-state index in [-0.39, 0.29) is 22.9 Å². The van der Waals surface area contributed by atoms with Gasteiger partial charge in [-0.05, 0) is 42.5 Å². The molecule has 3 amide bonds. The molecule has 1 saturated carbocycles. The van der Waals surface area contributed by atoms with Gasteiger partial charge in [-0.15, -0.1) is 0 Å². The van der Waals surface area contributed by atoms with Crippen molar-refractivity contribution >= 4 is 35.5 Å². The second kappa shape index (κ2) is 11.2. The largest absolute Gasteiger partial charge is 0.359 e. The number of benzene rings is 2. The normalized spacial score (nSPS) is 15.5. The van der Waals surface area contributed by atoms with Crippen LogP contribution in [0.2, 0.25) is 5.02 Å². The number of amides is 3. The first kappa shape index (κ1) is 24.6. The fourth-order valence-electron chi connectivity index (χ4n) is 4.43. The highest BCUT2D eigenvalue weighted by atomic mass is 35.5. The number of para-hydroxylation sites is 1. The molecule has 2 atom stereocenters. The molecule has 1 aliphatic rings. The van der Waals surface area contributed by atoms with Crippen LogP contribution in [0.4, 0.5) is 14.5 Å². The molecule has 0 saturated heterocycles. The third-order valence-electron chi connectivity index (χ3n) is 6.09. The van der Waals surface area contributed by atoms with Crippen molar-refractivity contribution in [3.05, 3.63) is 64.2 Å². The quantitative estimate of drug-likeness (QED) is 0.368. The maximum absolute atomic E-state index is 14.9. The summed E-state index contributed by atoms with van der Waals surface area (Å²) < 4.78 is 29.7. The summed E-state index contributed by atoms with van der Waals surface area (Å²) in [5.74, 6) is -3.84. The number of halogens is 3. The van der Waals surface area contributed by atoms with Crippen LogP contribution in [-0.4, -0.2) is 25.3 Å². The Kier molecular flexibility index (Phi) is 8.38. The lowest BCUT2D eigenvalue weighted by atomic mass is 9.88. The van der Waals surface area contributed by atoms with E-state index in [0.717, 1.165) is 25.0 Å². The number of nitrogens with one attached hydrogen (secondary N) is 3. The van der Waals surface area contributed by atoms with Crippen molar-refractivity contribution in [1.29, 1.82) is 0 Å². The van der Waals surface area contributed by atoms with E-state index in [9.17, 15) is 23.2 Å². The van der Waals surface area contributed by atoms with Crippen molar-refractivity contribution in [3.8, 4) is 0 Å². The lowest BCUT2D eigenvalue weighted by Crippen LogP contribution is -2.38. The predicted octanol–water partition coefficient (Wildman–Crippen LogP) is 4.45. The zero-order chi connectivity index (χ0) is 24.0. The number of carbonyl (C=O) groups is 3. The summed E-state index contributed by atoms with van der Waals surface area (Å²) in [5.41, 5.74) is 0.512. The van der Waals surface area contributed by atoms with Crippen molar-refractivity contribution in [1.82, 2.24) is 10.6 Å². The van der Waals surface area contributed by atoms with Crippen molar-refractivity contribution < 1.29 is 23.2 Å². The van der Waals surface area contributed by atoms with Gasteiger partial charge in [0.1, 0.15) is 11.6 Å². The van der Waals surface area contributed by atoms with Gasteiger partial charge in [-0.25, -0.2) is 8.78 Å². The van der Waals surface area contributed by atoms with Crippen LogP contribution in [0.3, 0.4) is 0 Å². The maximum atomic E-state index is 14.9. The molecule has 0 heterocycles. The Balaban J connectivity index is 2.01. The van der Waals surface area contributed by atoms with Crippen molar-refractivity contribution in [3.63, 3.8) is 0 Å². The van der Waals surface area contributed by atoms with Gasteiger partial charge in [0.2, 0.25) is 18.2 Å². The van der Waals surface area contributed by atoms with Gasteiger partial charge in [0.05, 0.1) is 17.0 Å². The molecule has 0 radical (unpaired) electrons. The molecule has 1 fully saturated rings. The molecule has 3 N–H and O–H groups in total. The number of carbonyl (C=O) groups excluding carboxylic acids is 3. The van der Waals surface area contributed by atoms with Gasteiger partial charge in [-0.1, -0.05) is 42.6 Å². The summed E-state index contributed by atoms with van der Waals surface area (Å²) in [6, 6.07) is 7.88. The van der Waals surface area contributed by atoms with E-state index >= 15 is 0 Å². The van der Waals surface area contributed by atoms with Crippen LogP contribution in [0.5, 0.6) is 0 Å². The molecule has 6 nitrogen and oxygen atoms in total. The molecule has 2 aromatic carbocycles. The minimum absolute atomic E-state index is 0.180. The molecule has 9 heteroatoms. The molecule has 0 spiro atoms. The van der Waals surface area contributed by atoms with Crippen molar-refractivity contribution in [2.75, 3.05) is 12.4 Å². The second-order valence-corrected chi connectivity index (χ2v) is 8.47. The van der Waals surface area contributed by atoms with Crippen LogP contribution in [0.1, 0.15) is 55.2 Å². The smallest absolute Gasteiger partial charge is 0.228 e. The molecule has 2 aromatic rings. The monoisotopic (exact) mass is 477 g/mol. The standard InChI is InChI=1S/C24H26ClF2N3O3/c1-28-20(32)12-16(15-8-4-5-9-19(15)29-13-31)24(33)30-23(14-6-2-3-7-14)21-18(26)11-10-17(25)22(21)27/h4-5,8-11,13-14,16,23H,2-3,6-7,12H2,1H3,(H,28,32)(H,29,31)(H,30,33)/t16-,23?/m0/s1. The Morgan fingerprint density at radius 1 is 1.15 bits per heavy atom. The Labute approximate surface area is 196 Å². The van der Waals surface area contributed by atoms with E-state index in [1.165, 1.54) is 7.05 Å². The van der Waals surface area contributed by atoms with E-state index in [1.807, 2.05) is 0 Å². The number of hydrogen-bond donors (Lipinski definition) is 3. The Hall–Kier alpha value is -3.00. The topological polar surface area (TPSA) is 87.3 Å². The SMILES string of the molecule is CNC(=O)C[C@H](C(=O)NC(c1c(F)ccc(Cl)c1F)C1CCCC1)c1ccccc1NC=O. The molecule has 1 unspecified atom stereocenters. The molecule has 1 aliphatic carbocycles. The predicted molar refractivity (Wildman–Crippen MR) is 122 cm³/mol. The molecular formula is C24H26ClF2N3O3. The Morgan fingerprint density at radius 2 is 1.85 bits per heavy atom. The lowest BCUT2D eigenvalue weighted by Gasteiger charge is -2.29. The summed E-state index contributed by atoms with van der Waals surface area (Å²) in [7, 11) is 1.45. The summed E-state index contributed by atoms with van der Waals surface area (Å²) >= 11 is 5.93. The van der Waals surface area contributed by atoms with E-state index in [2.05, 4.69) is 16.0 Å². The van der Waals surface area contributed by atoms with Crippen LogP contribution < -0.4 is 16.0 Å². The van der Waals surface area contributed by atoms with Gasteiger partial charge >= 0.3 is 0 Å². The molecule has 0 aromatic heterocycles. The zero-order valence-corrected chi connectivity index (χ0v) is 18.9. The van der Waals surface area contributed by atoms with Crippen molar-refractivity contribution in [2.45, 2.75) is 44.1 Å². The van der Waals surface area contributed by atoms with E-state index in [0.29, 0.717) is 30.5 Å². The first-order chi connectivity index (χ1) is 15.9. The van der Waals surface area contributed by atoms with Crippen molar-refractivity contribution in [2.24, 2.45) is 5.92 Å². The van der Waals surface area contributed by atoms with E-state index in [1.54, 1.807) is 24.3 Å². The first-order valence-corrected chi connectivity index (χ1v) is 11.2. The summed E-state index contributed by atoms with van der Waals surface area (Å²) in [6.07, 6.45) is 3.42. The number of rotatable bonds is 9.